The van der Waals surface area contributed by atoms with Gasteiger partial charge in [0.05, 0.1) is 6.04 Å². The number of hydrazine groups is 1. The molecule has 0 fully saturated rings. The van der Waals surface area contributed by atoms with Gasteiger partial charge in [0.15, 0.2) is 0 Å². The lowest BCUT2D eigenvalue weighted by atomic mass is 10.1. The van der Waals surface area contributed by atoms with Crippen LogP contribution in [0.15, 0.2) is 34.2 Å². The van der Waals surface area contributed by atoms with Crippen LogP contribution in [0, 0.1) is 0 Å². The molecule has 3 nitrogen and oxygen atoms in total. The largest absolute Gasteiger partial charge is 0.271 e. The van der Waals surface area contributed by atoms with Gasteiger partial charge in [-0.05, 0) is 45.1 Å². The predicted octanol–water partition coefficient (Wildman–Crippen LogP) is 3.11. The highest BCUT2D eigenvalue weighted by Gasteiger charge is 2.16. The monoisotopic (exact) mass is 317 g/mol. The minimum Gasteiger partial charge on any atom is -0.271 e. The van der Waals surface area contributed by atoms with Gasteiger partial charge in [0, 0.05) is 15.5 Å². The molecule has 0 saturated carbocycles. The Balaban J connectivity index is 2.40. The van der Waals surface area contributed by atoms with Gasteiger partial charge in [-0.2, -0.15) is 0 Å². The van der Waals surface area contributed by atoms with Gasteiger partial charge in [0.1, 0.15) is 5.15 Å². The summed E-state index contributed by atoms with van der Waals surface area (Å²) in [5.74, 6) is 5.59. The molecule has 0 aromatic carbocycles. The zero-order valence-electron chi connectivity index (χ0n) is 8.15. The number of halogens is 2. The molecule has 0 spiro atoms. The van der Waals surface area contributed by atoms with Gasteiger partial charge in [0.25, 0.3) is 0 Å². The summed E-state index contributed by atoms with van der Waals surface area (Å²) in [4.78, 5) is 5.06. The normalized spacial score (nSPS) is 12.7. The first-order valence-electron chi connectivity index (χ1n) is 4.53. The highest BCUT2D eigenvalue weighted by Crippen LogP contribution is 2.32. The lowest BCUT2D eigenvalue weighted by Gasteiger charge is -2.15. The van der Waals surface area contributed by atoms with Crippen LogP contribution in [0.3, 0.4) is 0 Å². The third-order valence-corrected chi connectivity index (χ3v) is 4.30. The van der Waals surface area contributed by atoms with E-state index >= 15 is 0 Å². The molecule has 2 heterocycles. The molecular weight excluding hydrogens is 310 g/mol. The van der Waals surface area contributed by atoms with Crippen LogP contribution in [0.25, 0.3) is 0 Å². The van der Waals surface area contributed by atoms with E-state index in [1.165, 1.54) is 0 Å². The third kappa shape index (κ3) is 2.44. The molecule has 16 heavy (non-hydrogen) atoms. The van der Waals surface area contributed by atoms with E-state index in [2.05, 4.69) is 26.3 Å². The summed E-state index contributed by atoms with van der Waals surface area (Å²) in [6.45, 7) is 0. The topological polar surface area (TPSA) is 50.9 Å². The molecule has 3 N–H and O–H groups in total. The van der Waals surface area contributed by atoms with E-state index in [4.69, 9.17) is 17.4 Å². The average molecular weight is 319 g/mol. The van der Waals surface area contributed by atoms with Crippen molar-refractivity contribution in [3.8, 4) is 0 Å². The van der Waals surface area contributed by atoms with Crippen molar-refractivity contribution in [3.05, 3.63) is 49.8 Å². The summed E-state index contributed by atoms with van der Waals surface area (Å²) in [6, 6.07) is 5.61. The zero-order valence-corrected chi connectivity index (χ0v) is 11.3. The highest BCUT2D eigenvalue weighted by atomic mass is 79.9. The van der Waals surface area contributed by atoms with Crippen LogP contribution in [0.4, 0.5) is 0 Å². The molecule has 1 atom stereocenters. The number of hydrogen-bond donors (Lipinski definition) is 2. The Hall–Kier alpha value is -0.460. The number of nitrogens with one attached hydrogen (secondary N) is 1. The number of pyridine rings is 1. The summed E-state index contributed by atoms with van der Waals surface area (Å²) in [6.07, 6.45) is 1.67. The highest BCUT2D eigenvalue weighted by molar-refractivity contribution is 9.10. The maximum absolute atomic E-state index is 5.86. The molecule has 2 rings (SSSR count). The van der Waals surface area contributed by atoms with Gasteiger partial charge in [0.2, 0.25) is 0 Å². The van der Waals surface area contributed by atoms with Gasteiger partial charge in [-0.3, -0.25) is 5.84 Å². The second kappa shape index (κ2) is 5.25. The number of nitrogens with zero attached hydrogens (tertiary/aromatic N) is 1. The van der Waals surface area contributed by atoms with Crippen molar-refractivity contribution >= 4 is 38.9 Å². The minimum atomic E-state index is -0.0742. The Labute approximate surface area is 111 Å². The molecule has 1 unspecified atom stereocenters. The molecule has 0 amide bonds. The average Bonchev–Trinajstić information content (AvgIpc) is 2.67. The molecule has 0 bridgehead atoms. The second-order valence-corrected chi connectivity index (χ2v) is 5.33. The van der Waals surface area contributed by atoms with Gasteiger partial charge in [-0.25, -0.2) is 10.4 Å². The van der Waals surface area contributed by atoms with Gasteiger partial charge < -0.3 is 0 Å². The maximum atomic E-state index is 5.86. The van der Waals surface area contributed by atoms with Crippen molar-refractivity contribution in [1.29, 1.82) is 0 Å². The molecule has 2 aromatic heterocycles. The summed E-state index contributed by atoms with van der Waals surface area (Å²) in [5, 5.41) is 2.47. The first-order valence-corrected chi connectivity index (χ1v) is 6.58. The Morgan fingerprint density at radius 2 is 2.31 bits per heavy atom. The molecule has 0 aliphatic heterocycles. The Kier molecular flexibility index (Phi) is 3.94. The fourth-order valence-electron chi connectivity index (χ4n) is 1.43. The fraction of sp³-hybridized carbons (Fsp3) is 0.100. The molecule has 6 heteroatoms. The SMILES string of the molecule is NNC(c1ccnc(Cl)c1)c1sccc1Br. The quantitative estimate of drug-likeness (QED) is 0.519. The molecule has 0 aliphatic carbocycles. The summed E-state index contributed by atoms with van der Waals surface area (Å²) < 4.78 is 1.04. The van der Waals surface area contributed by atoms with Crippen LogP contribution < -0.4 is 11.3 Å². The van der Waals surface area contributed by atoms with Crippen molar-refractivity contribution in [3.63, 3.8) is 0 Å². The standard InChI is InChI=1S/C10H9BrClN3S/c11-7-2-4-16-10(7)9(15-13)6-1-3-14-8(12)5-6/h1-5,9,15H,13H2. The van der Waals surface area contributed by atoms with Crippen molar-refractivity contribution in [2.45, 2.75) is 6.04 Å². The lowest BCUT2D eigenvalue weighted by molar-refractivity contribution is 0.644. The van der Waals surface area contributed by atoms with E-state index in [0.29, 0.717) is 5.15 Å². The van der Waals surface area contributed by atoms with Gasteiger partial charge >= 0.3 is 0 Å². The number of aromatic nitrogens is 1. The predicted molar refractivity (Wildman–Crippen MR) is 70.4 cm³/mol. The van der Waals surface area contributed by atoms with Crippen LogP contribution in [0.1, 0.15) is 16.5 Å². The van der Waals surface area contributed by atoms with E-state index in [1.807, 2.05) is 17.5 Å². The van der Waals surface area contributed by atoms with Crippen LogP contribution in [-0.4, -0.2) is 4.98 Å². The first kappa shape index (κ1) is 12.0. The second-order valence-electron chi connectivity index (χ2n) is 3.14. The summed E-state index contributed by atoms with van der Waals surface area (Å²) in [5.41, 5.74) is 3.77. The van der Waals surface area contributed by atoms with Crippen LogP contribution >= 0.6 is 38.9 Å². The maximum Gasteiger partial charge on any atom is 0.129 e. The summed E-state index contributed by atoms with van der Waals surface area (Å²) >= 11 is 11.0. The van der Waals surface area contributed by atoms with Crippen molar-refractivity contribution in [2.24, 2.45) is 5.84 Å². The van der Waals surface area contributed by atoms with Crippen LogP contribution in [-0.2, 0) is 0 Å². The van der Waals surface area contributed by atoms with Gasteiger partial charge in [-0.15, -0.1) is 11.3 Å². The van der Waals surface area contributed by atoms with E-state index < -0.39 is 0 Å². The Morgan fingerprint density at radius 1 is 1.50 bits per heavy atom. The molecular formula is C10H9BrClN3S. The number of thiophene rings is 1. The van der Waals surface area contributed by atoms with E-state index in [0.717, 1.165) is 14.9 Å². The molecule has 84 valence electrons. The molecule has 0 aliphatic rings. The first-order chi connectivity index (χ1) is 7.72. The molecule has 2 aromatic rings. The minimum absolute atomic E-state index is 0.0742. The fourth-order valence-corrected chi connectivity index (χ4v) is 3.30. The molecule has 0 saturated heterocycles. The summed E-state index contributed by atoms with van der Waals surface area (Å²) in [7, 11) is 0. The number of hydrogen-bond acceptors (Lipinski definition) is 4. The van der Waals surface area contributed by atoms with E-state index in [9.17, 15) is 0 Å². The Morgan fingerprint density at radius 3 is 2.88 bits per heavy atom. The van der Waals surface area contributed by atoms with Crippen LogP contribution in [0.5, 0.6) is 0 Å². The van der Waals surface area contributed by atoms with Crippen molar-refractivity contribution in [1.82, 2.24) is 10.4 Å². The van der Waals surface area contributed by atoms with Gasteiger partial charge in [-0.1, -0.05) is 11.6 Å². The Bertz CT molecular complexity index is 488. The number of rotatable bonds is 3. The van der Waals surface area contributed by atoms with E-state index in [1.54, 1.807) is 23.6 Å². The van der Waals surface area contributed by atoms with Crippen molar-refractivity contribution < 1.29 is 0 Å². The zero-order chi connectivity index (χ0) is 11.5. The lowest BCUT2D eigenvalue weighted by Crippen LogP contribution is -2.28. The van der Waals surface area contributed by atoms with E-state index in [-0.39, 0.29) is 6.04 Å². The van der Waals surface area contributed by atoms with Crippen molar-refractivity contribution in [2.75, 3.05) is 0 Å². The molecule has 0 radical (unpaired) electrons. The third-order valence-electron chi connectivity index (χ3n) is 2.16. The van der Waals surface area contributed by atoms with Crippen LogP contribution in [0.2, 0.25) is 5.15 Å². The number of nitrogens with two attached hydrogens (primary N) is 1. The smallest absolute Gasteiger partial charge is 0.129 e.